The smallest absolute Gasteiger partial charge is 0.247 e. The Balaban J connectivity index is 1.42. The second kappa shape index (κ2) is 8.17. The number of likely N-dealkylation sites (tertiary alicyclic amines) is 1. The third-order valence-electron chi connectivity index (χ3n) is 5.71. The van der Waals surface area contributed by atoms with Gasteiger partial charge in [0.1, 0.15) is 11.9 Å². The third kappa shape index (κ3) is 4.53. The quantitative estimate of drug-likeness (QED) is 0.806. The molecule has 1 aliphatic carbocycles. The molecule has 144 valence electrons. The summed E-state index contributed by atoms with van der Waals surface area (Å²) in [5.41, 5.74) is 1.12. The van der Waals surface area contributed by atoms with Crippen LogP contribution in [-0.2, 0) is 11.2 Å². The average molecular weight is 368 g/mol. The summed E-state index contributed by atoms with van der Waals surface area (Å²) in [4.78, 5) is 15.3. The largest absolute Gasteiger partial charge is 0.341 e. The highest BCUT2D eigenvalue weighted by Gasteiger charge is 2.31. The number of benzene rings is 1. The van der Waals surface area contributed by atoms with E-state index in [4.69, 9.17) is 0 Å². The zero-order chi connectivity index (χ0) is 18.6. The summed E-state index contributed by atoms with van der Waals surface area (Å²) >= 11 is 0. The molecule has 1 unspecified atom stereocenters. The molecular weight excluding hydrogens is 340 g/mol. The highest BCUT2D eigenvalue weighted by Crippen LogP contribution is 2.28. The van der Waals surface area contributed by atoms with Gasteiger partial charge in [-0.25, -0.2) is 4.68 Å². The molecule has 2 heterocycles. The minimum Gasteiger partial charge on any atom is -0.341 e. The summed E-state index contributed by atoms with van der Waals surface area (Å²) in [6, 6.07) is 10.2. The molecule has 7 nitrogen and oxygen atoms in total. The molecule has 1 atom stereocenters. The van der Waals surface area contributed by atoms with Crippen LogP contribution in [-0.4, -0.2) is 56.7 Å². The van der Waals surface area contributed by atoms with Crippen LogP contribution in [0.3, 0.4) is 0 Å². The Hall–Kier alpha value is -2.28. The number of hydrogen-bond acceptors (Lipinski definition) is 5. The molecule has 1 saturated carbocycles. The monoisotopic (exact) mass is 368 g/mol. The number of tetrazole rings is 1. The topological polar surface area (TPSA) is 75.9 Å². The minimum atomic E-state index is -0.390. The molecule has 1 aromatic heterocycles. The maximum absolute atomic E-state index is 13.3. The van der Waals surface area contributed by atoms with Gasteiger partial charge in [-0.2, -0.15) is 0 Å². The molecule has 0 spiro atoms. The molecule has 2 aromatic rings. The van der Waals surface area contributed by atoms with Crippen molar-refractivity contribution in [3.63, 3.8) is 0 Å². The third-order valence-corrected chi connectivity index (χ3v) is 5.71. The number of carbonyl (C=O) groups is 1. The minimum absolute atomic E-state index is 0.120. The molecule has 7 heteroatoms. The number of rotatable bonds is 7. The molecule has 1 aliphatic heterocycles. The van der Waals surface area contributed by atoms with Crippen LogP contribution in [0.2, 0.25) is 0 Å². The molecule has 0 radical (unpaired) electrons. The van der Waals surface area contributed by atoms with Gasteiger partial charge >= 0.3 is 0 Å². The number of nitrogens with one attached hydrogen (secondary N) is 1. The maximum atomic E-state index is 13.3. The molecule has 0 bridgehead atoms. The second-order valence-corrected chi connectivity index (χ2v) is 7.83. The summed E-state index contributed by atoms with van der Waals surface area (Å²) in [5.74, 6) is 1.68. The number of hydrogen-bond donors (Lipinski definition) is 1. The van der Waals surface area contributed by atoms with Gasteiger partial charge in [-0.15, -0.1) is 5.10 Å². The fraction of sp³-hybridized carbons (Fsp3) is 0.600. The molecule has 1 amide bonds. The normalized spacial score (nSPS) is 19.2. The van der Waals surface area contributed by atoms with Gasteiger partial charge in [0.05, 0.1) is 0 Å². The van der Waals surface area contributed by atoms with Crippen LogP contribution in [0, 0.1) is 12.8 Å². The Bertz CT molecular complexity index is 749. The van der Waals surface area contributed by atoms with E-state index in [2.05, 4.69) is 20.8 Å². The summed E-state index contributed by atoms with van der Waals surface area (Å²) in [6.07, 6.45) is 5.38. The van der Waals surface area contributed by atoms with Crippen molar-refractivity contribution in [1.82, 2.24) is 30.4 Å². The van der Waals surface area contributed by atoms with E-state index in [0.717, 1.165) is 44.0 Å². The highest BCUT2D eigenvalue weighted by molar-refractivity contribution is 5.80. The van der Waals surface area contributed by atoms with E-state index >= 15 is 0 Å². The number of aromatic nitrogens is 4. The van der Waals surface area contributed by atoms with E-state index < -0.39 is 6.04 Å². The Kier molecular flexibility index (Phi) is 5.48. The van der Waals surface area contributed by atoms with Crippen molar-refractivity contribution in [2.75, 3.05) is 19.6 Å². The Morgan fingerprint density at radius 3 is 2.56 bits per heavy atom. The zero-order valence-electron chi connectivity index (χ0n) is 15.9. The van der Waals surface area contributed by atoms with E-state index in [-0.39, 0.29) is 5.91 Å². The fourth-order valence-corrected chi connectivity index (χ4v) is 3.81. The summed E-state index contributed by atoms with van der Waals surface area (Å²) < 4.78 is 1.67. The standard InChI is InChI=1S/C20H28N6O/c1-15-22-23-24-26(15)19(13-16-5-3-2-4-6-16)20(27)25-11-9-18(10-12-25)21-14-17-7-8-17/h2-6,17-19,21H,7-14H2,1H3. The number of nitrogens with zero attached hydrogens (tertiary/aromatic N) is 5. The van der Waals surface area contributed by atoms with E-state index in [1.165, 1.54) is 12.8 Å². The van der Waals surface area contributed by atoms with Crippen LogP contribution < -0.4 is 5.32 Å². The predicted molar refractivity (Wildman–Crippen MR) is 102 cm³/mol. The van der Waals surface area contributed by atoms with Crippen molar-refractivity contribution in [1.29, 1.82) is 0 Å². The van der Waals surface area contributed by atoms with Crippen molar-refractivity contribution in [3.8, 4) is 0 Å². The highest BCUT2D eigenvalue weighted by atomic mass is 16.2. The molecule has 1 N–H and O–H groups in total. The van der Waals surface area contributed by atoms with Gasteiger partial charge in [0, 0.05) is 25.6 Å². The summed E-state index contributed by atoms with van der Waals surface area (Å²) in [5, 5.41) is 15.5. The van der Waals surface area contributed by atoms with Gasteiger partial charge < -0.3 is 10.2 Å². The van der Waals surface area contributed by atoms with Crippen molar-refractivity contribution in [3.05, 3.63) is 41.7 Å². The lowest BCUT2D eigenvalue weighted by Crippen LogP contribution is -2.48. The SMILES string of the molecule is Cc1nnnn1C(Cc1ccccc1)C(=O)N1CCC(NCC2CC2)CC1. The number of amides is 1. The Morgan fingerprint density at radius 2 is 1.93 bits per heavy atom. The first-order valence-electron chi connectivity index (χ1n) is 10.0. The summed E-state index contributed by atoms with van der Waals surface area (Å²) in [7, 11) is 0. The van der Waals surface area contributed by atoms with E-state index in [0.29, 0.717) is 18.3 Å². The molecule has 2 fully saturated rings. The molecule has 27 heavy (non-hydrogen) atoms. The number of piperidine rings is 1. The van der Waals surface area contributed by atoms with Crippen LogP contribution >= 0.6 is 0 Å². The van der Waals surface area contributed by atoms with Gasteiger partial charge in [0.25, 0.3) is 0 Å². The van der Waals surface area contributed by atoms with E-state index in [1.54, 1.807) is 4.68 Å². The Labute approximate surface area is 160 Å². The molecular formula is C20H28N6O. The lowest BCUT2D eigenvalue weighted by atomic mass is 10.0. The van der Waals surface area contributed by atoms with Gasteiger partial charge in [-0.05, 0) is 61.1 Å². The number of carbonyl (C=O) groups excluding carboxylic acids is 1. The first-order chi connectivity index (χ1) is 13.2. The van der Waals surface area contributed by atoms with Crippen LogP contribution in [0.5, 0.6) is 0 Å². The van der Waals surface area contributed by atoms with Gasteiger partial charge in [0.2, 0.25) is 5.91 Å². The maximum Gasteiger partial charge on any atom is 0.247 e. The zero-order valence-corrected chi connectivity index (χ0v) is 15.9. The number of aryl methyl sites for hydroxylation is 1. The average Bonchev–Trinajstić information content (AvgIpc) is 3.45. The van der Waals surface area contributed by atoms with Crippen molar-refractivity contribution in [2.24, 2.45) is 5.92 Å². The van der Waals surface area contributed by atoms with Crippen LogP contribution in [0.15, 0.2) is 30.3 Å². The predicted octanol–water partition coefficient (Wildman–Crippen LogP) is 1.76. The Morgan fingerprint density at radius 1 is 1.19 bits per heavy atom. The lowest BCUT2D eigenvalue weighted by Gasteiger charge is -2.34. The van der Waals surface area contributed by atoms with Gasteiger partial charge in [-0.3, -0.25) is 4.79 Å². The molecule has 2 aliphatic rings. The van der Waals surface area contributed by atoms with Crippen molar-refractivity contribution in [2.45, 2.75) is 51.1 Å². The summed E-state index contributed by atoms with van der Waals surface area (Å²) in [6.45, 7) is 4.58. The van der Waals surface area contributed by atoms with Crippen molar-refractivity contribution < 1.29 is 4.79 Å². The van der Waals surface area contributed by atoms with Crippen LogP contribution in [0.25, 0.3) is 0 Å². The molecule has 4 rings (SSSR count). The molecule has 1 aromatic carbocycles. The fourth-order valence-electron chi connectivity index (χ4n) is 3.81. The van der Waals surface area contributed by atoms with Crippen LogP contribution in [0.1, 0.15) is 43.1 Å². The first kappa shape index (κ1) is 18.1. The second-order valence-electron chi connectivity index (χ2n) is 7.83. The lowest BCUT2D eigenvalue weighted by molar-refractivity contribution is -0.136. The van der Waals surface area contributed by atoms with E-state index in [9.17, 15) is 4.79 Å². The van der Waals surface area contributed by atoms with Gasteiger partial charge in [0.15, 0.2) is 0 Å². The van der Waals surface area contributed by atoms with E-state index in [1.807, 2.05) is 42.2 Å². The first-order valence-corrected chi connectivity index (χ1v) is 10.0. The van der Waals surface area contributed by atoms with Crippen LogP contribution in [0.4, 0.5) is 0 Å². The molecule has 1 saturated heterocycles. The van der Waals surface area contributed by atoms with Gasteiger partial charge in [-0.1, -0.05) is 30.3 Å². The van der Waals surface area contributed by atoms with Crippen molar-refractivity contribution >= 4 is 5.91 Å².